The first-order valence-electron chi connectivity index (χ1n) is 5.07. The smallest absolute Gasteiger partial charge is 0.330 e. The van der Waals surface area contributed by atoms with Gasteiger partial charge in [-0.05, 0) is 19.3 Å². The van der Waals surface area contributed by atoms with E-state index in [1.54, 1.807) is 0 Å². The van der Waals surface area contributed by atoms with E-state index in [0.29, 0.717) is 12.5 Å². The number of hydrogen-bond donors (Lipinski definition) is 0. The third-order valence-electron chi connectivity index (χ3n) is 2.16. The SMILES string of the molecule is CCOC(=O)C=CCC(CC)CC. The van der Waals surface area contributed by atoms with Crippen molar-refractivity contribution in [2.45, 2.75) is 40.0 Å². The molecular formula is C11H20O2. The van der Waals surface area contributed by atoms with Crippen LogP contribution in [0.5, 0.6) is 0 Å². The highest BCUT2D eigenvalue weighted by Crippen LogP contribution is 2.12. The summed E-state index contributed by atoms with van der Waals surface area (Å²) in [5.74, 6) is 0.471. The minimum absolute atomic E-state index is 0.228. The van der Waals surface area contributed by atoms with Crippen molar-refractivity contribution in [3.63, 3.8) is 0 Å². The van der Waals surface area contributed by atoms with Crippen molar-refractivity contribution in [1.82, 2.24) is 0 Å². The summed E-state index contributed by atoms with van der Waals surface area (Å²) in [6.07, 6.45) is 6.76. The van der Waals surface area contributed by atoms with Gasteiger partial charge in [0.1, 0.15) is 0 Å². The molecule has 0 rings (SSSR count). The van der Waals surface area contributed by atoms with Crippen LogP contribution in [0.15, 0.2) is 12.2 Å². The number of ether oxygens (including phenoxy) is 1. The lowest BCUT2D eigenvalue weighted by molar-refractivity contribution is -0.137. The molecule has 13 heavy (non-hydrogen) atoms. The fraction of sp³-hybridized carbons (Fsp3) is 0.727. The van der Waals surface area contributed by atoms with Crippen LogP contribution in [0.3, 0.4) is 0 Å². The van der Waals surface area contributed by atoms with E-state index in [9.17, 15) is 4.79 Å². The van der Waals surface area contributed by atoms with Gasteiger partial charge in [0.05, 0.1) is 6.61 Å². The first-order valence-corrected chi connectivity index (χ1v) is 5.07. The van der Waals surface area contributed by atoms with Gasteiger partial charge in [0.2, 0.25) is 0 Å². The van der Waals surface area contributed by atoms with Crippen LogP contribution in [0.4, 0.5) is 0 Å². The second-order valence-corrected chi connectivity index (χ2v) is 3.07. The molecule has 2 nitrogen and oxygen atoms in total. The molecule has 0 amide bonds. The molecule has 0 fully saturated rings. The Bertz CT molecular complexity index is 157. The average Bonchev–Trinajstić information content (AvgIpc) is 2.13. The topological polar surface area (TPSA) is 26.3 Å². The molecule has 0 radical (unpaired) electrons. The Morgan fingerprint density at radius 1 is 1.31 bits per heavy atom. The van der Waals surface area contributed by atoms with Gasteiger partial charge in [0.15, 0.2) is 0 Å². The minimum atomic E-state index is -0.228. The van der Waals surface area contributed by atoms with Gasteiger partial charge >= 0.3 is 5.97 Å². The van der Waals surface area contributed by atoms with E-state index in [2.05, 4.69) is 13.8 Å². The predicted molar refractivity (Wildman–Crippen MR) is 54.5 cm³/mol. The molecule has 0 aliphatic rings. The fourth-order valence-electron chi connectivity index (χ4n) is 1.17. The second-order valence-electron chi connectivity index (χ2n) is 3.07. The van der Waals surface area contributed by atoms with Crippen LogP contribution in [0.2, 0.25) is 0 Å². The zero-order valence-corrected chi connectivity index (χ0v) is 8.88. The summed E-state index contributed by atoms with van der Waals surface area (Å²) < 4.78 is 4.77. The van der Waals surface area contributed by atoms with Crippen LogP contribution in [0.1, 0.15) is 40.0 Å². The Balaban J connectivity index is 3.66. The third kappa shape index (κ3) is 6.38. The molecule has 76 valence electrons. The van der Waals surface area contributed by atoms with E-state index >= 15 is 0 Å². The molecule has 0 aromatic rings. The van der Waals surface area contributed by atoms with Crippen molar-refractivity contribution in [3.8, 4) is 0 Å². The number of esters is 1. The maximum Gasteiger partial charge on any atom is 0.330 e. The zero-order valence-electron chi connectivity index (χ0n) is 8.88. The monoisotopic (exact) mass is 184 g/mol. The molecule has 0 heterocycles. The molecule has 0 bridgehead atoms. The molecule has 2 heteroatoms. The van der Waals surface area contributed by atoms with E-state index in [1.807, 2.05) is 13.0 Å². The van der Waals surface area contributed by atoms with Gasteiger partial charge in [-0.1, -0.05) is 32.8 Å². The minimum Gasteiger partial charge on any atom is -0.463 e. The van der Waals surface area contributed by atoms with E-state index in [0.717, 1.165) is 6.42 Å². The predicted octanol–water partition coefficient (Wildman–Crippen LogP) is 2.93. The highest BCUT2D eigenvalue weighted by molar-refractivity contribution is 5.81. The average molecular weight is 184 g/mol. The summed E-state index contributed by atoms with van der Waals surface area (Å²) in [6, 6.07) is 0. The summed E-state index contributed by atoms with van der Waals surface area (Å²) in [5, 5.41) is 0. The van der Waals surface area contributed by atoms with Crippen molar-refractivity contribution in [1.29, 1.82) is 0 Å². The highest BCUT2D eigenvalue weighted by Gasteiger charge is 2.00. The zero-order chi connectivity index (χ0) is 10.1. The van der Waals surface area contributed by atoms with Gasteiger partial charge in [-0.25, -0.2) is 4.79 Å². The Kier molecular flexibility index (Phi) is 7.36. The molecule has 0 aromatic carbocycles. The van der Waals surface area contributed by atoms with Crippen molar-refractivity contribution >= 4 is 5.97 Å². The third-order valence-corrected chi connectivity index (χ3v) is 2.16. The quantitative estimate of drug-likeness (QED) is 0.468. The van der Waals surface area contributed by atoms with Gasteiger partial charge in [-0.3, -0.25) is 0 Å². The van der Waals surface area contributed by atoms with Crippen molar-refractivity contribution in [3.05, 3.63) is 12.2 Å². The van der Waals surface area contributed by atoms with E-state index in [1.165, 1.54) is 18.9 Å². The van der Waals surface area contributed by atoms with Crippen LogP contribution >= 0.6 is 0 Å². The summed E-state index contributed by atoms with van der Waals surface area (Å²) in [7, 11) is 0. The Labute approximate surface area is 81.0 Å². The van der Waals surface area contributed by atoms with Gasteiger partial charge in [-0.2, -0.15) is 0 Å². The number of allylic oxidation sites excluding steroid dienone is 1. The largest absolute Gasteiger partial charge is 0.463 e. The van der Waals surface area contributed by atoms with Crippen LogP contribution in [-0.4, -0.2) is 12.6 Å². The Morgan fingerprint density at radius 2 is 1.92 bits per heavy atom. The van der Waals surface area contributed by atoms with Gasteiger partial charge in [0, 0.05) is 6.08 Å². The van der Waals surface area contributed by atoms with Crippen LogP contribution in [-0.2, 0) is 9.53 Å². The number of carbonyl (C=O) groups excluding carboxylic acids is 1. The summed E-state index contributed by atoms with van der Waals surface area (Å²) >= 11 is 0. The number of carbonyl (C=O) groups is 1. The highest BCUT2D eigenvalue weighted by atomic mass is 16.5. The maximum absolute atomic E-state index is 10.9. The molecule has 0 spiro atoms. The van der Waals surface area contributed by atoms with E-state index in [4.69, 9.17) is 4.74 Å². The van der Waals surface area contributed by atoms with Crippen LogP contribution in [0.25, 0.3) is 0 Å². The van der Waals surface area contributed by atoms with Gasteiger partial charge in [-0.15, -0.1) is 0 Å². The maximum atomic E-state index is 10.9. The molecule has 0 aromatic heterocycles. The lowest BCUT2D eigenvalue weighted by Gasteiger charge is -2.07. The molecule has 0 N–H and O–H groups in total. The Morgan fingerprint density at radius 3 is 2.38 bits per heavy atom. The molecular weight excluding hydrogens is 164 g/mol. The van der Waals surface area contributed by atoms with Crippen molar-refractivity contribution in [2.24, 2.45) is 5.92 Å². The lowest BCUT2D eigenvalue weighted by atomic mass is 9.99. The number of rotatable bonds is 6. The van der Waals surface area contributed by atoms with Crippen molar-refractivity contribution in [2.75, 3.05) is 6.61 Å². The van der Waals surface area contributed by atoms with Gasteiger partial charge < -0.3 is 4.74 Å². The molecule has 0 unspecified atom stereocenters. The molecule has 0 aliphatic carbocycles. The normalized spacial score (nSPS) is 11.1. The molecule has 0 saturated heterocycles. The van der Waals surface area contributed by atoms with Crippen molar-refractivity contribution < 1.29 is 9.53 Å². The number of hydrogen-bond acceptors (Lipinski definition) is 2. The Hall–Kier alpha value is -0.790. The fourth-order valence-corrected chi connectivity index (χ4v) is 1.17. The second kappa shape index (κ2) is 7.84. The lowest BCUT2D eigenvalue weighted by Crippen LogP contribution is -2.00. The summed E-state index contributed by atoms with van der Waals surface area (Å²) in [4.78, 5) is 10.9. The summed E-state index contributed by atoms with van der Waals surface area (Å²) in [6.45, 7) is 6.61. The van der Waals surface area contributed by atoms with E-state index < -0.39 is 0 Å². The molecule has 0 atom stereocenters. The standard InChI is InChI=1S/C11H20O2/c1-4-10(5-2)8-7-9-11(12)13-6-3/h7,9-10H,4-6,8H2,1-3H3. The van der Waals surface area contributed by atoms with Gasteiger partial charge in [0.25, 0.3) is 0 Å². The van der Waals surface area contributed by atoms with Crippen LogP contribution in [0, 0.1) is 5.92 Å². The summed E-state index contributed by atoms with van der Waals surface area (Å²) in [5.41, 5.74) is 0. The van der Waals surface area contributed by atoms with Crippen LogP contribution < -0.4 is 0 Å². The molecule has 0 aliphatic heterocycles. The van der Waals surface area contributed by atoms with E-state index in [-0.39, 0.29) is 5.97 Å². The molecule has 0 saturated carbocycles. The first kappa shape index (κ1) is 12.2. The first-order chi connectivity index (χ1) is 6.24.